The number of nitrogen functional groups attached to an aromatic ring is 1. The Balaban J connectivity index is 1.37. The second kappa shape index (κ2) is 7.26. The maximum atomic E-state index is 6.34. The number of fused-ring (bicyclic) bond motifs is 2. The van der Waals surface area contributed by atoms with Gasteiger partial charge in [-0.3, -0.25) is 4.68 Å². The average molecular weight is 430 g/mol. The van der Waals surface area contributed by atoms with Gasteiger partial charge in [-0.05, 0) is 30.3 Å². The Morgan fingerprint density at radius 3 is 2.56 bits per heavy atom. The van der Waals surface area contributed by atoms with Gasteiger partial charge in [0.05, 0.1) is 11.1 Å². The van der Waals surface area contributed by atoms with Gasteiger partial charge in [-0.15, -0.1) is 0 Å². The molecule has 0 bridgehead atoms. The fourth-order valence-electron chi connectivity index (χ4n) is 4.17. The Labute approximate surface area is 184 Å². The zero-order valence-electron chi connectivity index (χ0n) is 17.6. The van der Waals surface area contributed by atoms with Crippen LogP contribution in [0.4, 0.5) is 17.6 Å². The van der Waals surface area contributed by atoms with Crippen LogP contribution in [0.15, 0.2) is 42.6 Å². The van der Waals surface area contributed by atoms with Crippen molar-refractivity contribution in [3.05, 3.63) is 42.6 Å². The Hall–Kier alpha value is -4.08. The number of anilines is 3. The number of nitrogens with two attached hydrogens (primary N) is 1. The van der Waals surface area contributed by atoms with Crippen molar-refractivity contribution in [2.24, 2.45) is 7.05 Å². The Kier molecular flexibility index (Phi) is 4.23. The SMILES string of the molecule is Cn1nc2nc(N3CCN(c4ccccn4)CC3)nc(-c3ccc4c(c3)OCO4)c2c1N. The maximum Gasteiger partial charge on any atom is 0.231 e. The molecule has 1 aromatic carbocycles. The number of ether oxygens (including phenoxy) is 2. The van der Waals surface area contributed by atoms with E-state index in [0.717, 1.165) is 54.4 Å². The summed E-state index contributed by atoms with van der Waals surface area (Å²) in [4.78, 5) is 18.6. The maximum absolute atomic E-state index is 6.34. The molecule has 32 heavy (non-hydrogen) atoms. The van der Waals surface area contributed by atoms with Crippen molar-refractivity contribution in [1.82, 2.24) is 24.7 Å². The van der Waals surface area contributed by atoms with Crippen LogP contribution in [-0.4, -0.2) is 57.7 Å². The highest BCUT2D eigenvalue weighted by Gasteiger charge is 2.24. The van der Waals surface area contributed by atoms with E-state index >= 15 is 0 Å². The summed E-state index contributed by atoms with van der Waals surface area (Å²) < 4.78 is 12.7. The number of aryl methyl sites for hydroxylation is 1. The summed E-state index contributed by atoms with van der Waals surface area (Å²) in [5.74, 6) is 3.58. The predicted molar refractivity (Wildman–Crippen MR) is 121 cm³/mol. The van der Waals surface area contributed by atoms with Crippen LogP contribution in [0.3, 0.4) is 0 Å². The summed E-state index contributed by atoms with van der Waals surface area (Å²) in [7, 11) is 1.81. The number of piperazine rings is 1. The summed E-state index contributed by atoms with van der Waals surface area (Å²) >= 11 is 0. The van der Waals surface area contributed by atoms with E-state index in [1.165, 1.54) is 0 Å². The minimum Gasteiger partial charge on any atom is -0.454 e. The number of hydrogen-bond donors (Lipinski definition) is 1. The third-order valence-electron chi connectivity index (χ3n) is 5.91. The zero-order chi connectivity index (χ0) is 21.7. The second-order valence-corrected chi connectivity index (χ2v) is 7.81. The molecule has 1 fully saturated rings. The van der Waals surface area contributed by atoms with Crippen molar-refractivity contribution in [3.63, 3.8) is 0 Å². The standard InChI is InChI=1S/C22H22N8O2/c1-28-20(23)18-19(14-5-6-15-16(12-14)32-13-31-15)25-22(26-21(18)27-28)30-10-8-29(9-11-30)17-4-2-3-7-24-17/h2-7,12H,8-11,13,23H2,1H3. The molecule has 0 saturated carbocycles. The van der Waals surface area contributed by atoms with Crippen LogP contribution < -0.4 is 25.0 Å². The lowest BCUT2D eigenvalue weighted by Crippen LogP contribution is -2.47. The van der Waals surface area contributed by atoms with Gasteiger partial charge < -0.3 is 25.0 Å². The molecule has 162 valence electrons. The van der Waals surface area contributed by atoms with E-state index in [0.29, 0.717) is 23.2 Å². The second-order valence-electron chi connectivity index (χ2n) is 7.81. The van der Waals surface area contributed by atoms with Gasteiger partial charge in [-0.2, -0.15) is 10.1 Å². The number of aromatic nitrogens is 5. The first-order valence-corrected chi connectivity index (χ1v) is 10.5. The smallest absolute Gasteiger partial charge is 0.231 e. The molecular weight excluding hydrogens is 408 g/mol. The molecule has 5 heterocycles. The van der Waals surface area contributed by atoms with E-state index in [1.54, 1.807) is 4.68 Å². The molecule has 4 aromatic rings. The van der Waals surface area contributed by atoms with Crippen molar-refractivity contribution in [2.75, 3.05) is 48.5 Å². The third-order valence-corrected chi connectivity index (χ3v) is 5.91. The van der Waals surface area contributed by atoms with Crippen molar-refractivity contribution in [3.8, 4) is 22.8 Å². The molecule has 2 aliphatic heterocycles. The Morgan fingerprint density at radius 1 is 0.938 bits per heavy atom. The van der Waals surface area contributed by atoms with Gasteiger partial charge in [0.1, 0.15) is 11.6 Å². The molecule has 2 N–H and O–H groups in total. The molecule has 0 radical (unpaired) electrons. The Bertz CT molecular complexity index is 1300. The summed E-state index contributed by atoms with van der Waals surface area (Å²) in [5.41, 5.74) is 8.54. The molecule has 3 aromatic heterocycles. The average Bonchev–Trinajstić information content (AvgIpc) is 3.42. The number of benzene rings is 1. The molecule has 10 heteroatoms. The zero-order valence-corrected chi connectivity index (χ0v) is 17.6. The lowest BCUT2D eigenvalue weighted by Gasteiger charge is -2.35. The van der Waals surface area contributed by atoms with Gasteiger partial charge in [-0.25, -0.2) is 9.97 Å². The first kappa shape index (κ1) is 18.7. The quantitative estimate of drug-likeness (QED) is 0.522. The van der Waals surface area contributed by atoms with Crippen LogP contribution in [0.5, 0.6) is 11.5 Å². The third kappa shape index (κ3) is 3.03. The summed E-state index contributed by atoms with van der Waals surface area (Å²) in [6.45, 7) is 3.46. The summed E-state index contributed by atoms with van der Waals surface area (Å²) in [5, 5.41) is 5.27. The number of nitrogens with zero attached hydrogens (tertiary/aromatic N) is 7. The van der Waals surface area contributed by atoms with Gasteiger partial charge in [-0.1, -0.05) is 6.07 Å². The van der Waals surface area contributed by atoms with E-state index < -0.39 is 0 Å². The van der Waals surface area contributed by atoms with Gasteiger partial charge in [0, 0.05) is 45.0 Å². The van der Waals surface area contributed by atoms with Crippen molar-refractivity contribution < 1.29 is 9.47 Å². The number of rotatable bonds is 3. The molecule has 0 amide bonds. The molecule has 1 saturated heterocycles. The highest BCUT2D eigenvalue weighted by molar-refractivity contribution is 5.99. The van der Waals surface area contributed by atoms with Gasteiger partial charge in [0.25, 0.3) is 0 Å². The molecule has 0 spiro atoms. The minimum absolute atomic E-state index is 0.221. The van der Waals surface area contributed by atoms with Crippen molar-refractivity contribution in [1.29, 1.82) is 0 Å². The van der Waals surface area contributed by atoms with Crippen LogP contribution in [-0.2, 0) is 7.05 Å². The number of pyridine rings is 1. The van der Waals surface area contributed by atoms with E-state index in [4.69, 9.17) is 25.2 Å². The lowest BCUT2D eigenvalue weighted by molar-refractivity contribution is 0.174. The van der Waals surface area contributed by atoms with E-state index in [9.17, 15) is 0 Å². The molecule has 10 nitrogen and oxygen atoms in total. The van der Waals surface area contributed by atoms with E-state index in [-0.39, 0.29) is 6.79 Å². The predicted octanol–water partition coefficient (Wildman–Crippen LogP) is 2.06. The summed E-state index contributed by atoms with van der Waals surface area (Å²) in [6.07, 6.45) is 1.82. The van der Waals surface area contributed by atoms with Crippen molar-refractivity contribution >= 4 is 28.6 Å². The monoisotopic (exact) mass is 430 g/mol. The fraction of sp³-hybridized carbons (Fsp3) is 0.273. The van der Waals surface area contributed by atoms with Crippen LogP contribution in [0.1, 0.15) is 0 Å². The van der Waals surface area contributed by atoms with Crippen LogP contribution in [0, 0.1) is 0 Å². The number of hydrogen-bond acceptors (Lipinski definition) is 9. The van der Waals surface area contributed by atoms with Gasteiger partial charge >= 0.3 is 0 Å². The first-order valence-electron chi connectivity index (χ1n) is 10.5. The largest absolute Gasteiger partial charge is 0.454 e. The van der Waals surface area contributed by atoms with Crippen LogP contribution in [0.25, 0.3) is 22.3 Å². The molecule has 6 rings (SSSR count). The van der Waals surface area contributed by atoms with Crippen LogP contribution in [0.2, 0.25) is 0 Å². The minimum atomic E-state index is 0.221. The molecular formula is C22H22N8O2. The Morgan fingerprint density at radius 2 is 1.75 bits per heavy atom. The van der Waals surface area contributed by atoms with Crippen LogP contribution >= 0.6 is 0 Å². The highest BCUT2D eigenvalue weighted by atomic mass is 16.7. The molecule has 0 aliphatic carbocycles. The highest BCUT2D eigenvalue weighted by Crippen LogP contribution is 2.38. The lowest BCUT2D eigenvalue weighted by atomic mass is 10.1. The van der Waals surface area contributed by atoms with E-state index in [2.05, 4.69) is 19.9 Å². The summed E-state index contributed by atoms with van der Waals surface area (Å²) in [6, 6.07) is 11.8. The van der Waals surface area contributed by atoms with Crippen molar-refractivity contribution in [2.45, 2.75) is 0 Å². The molecule has 0 atom stereocenters. The van der Waals surface area contributed by atoms with E-state index in [1.807, 2.05) is 49.6 Å². The van der Waals surface area contributed by atoms with Gasteiger partial charge in [0.15, 0.2) is 17.1 Å². The molecule has 0 unspecified atom stereocenters. The topological polar surface area (TPSA) is 107 Å². The fourth-order valence-corrected chi connectivity index (χ4v) is 4.17. The molecule has 2 aliphatic rings. The first-order chi connectivity index (χ1) is 15.7. The normalized spacial score (nSPS) is 15.5. The van der Waals surface area contributed by atoms with Gasteiger partial charge in [0.2, 0.25) is 12.7 Å².